The molecule has 31 heavy (non-hydrogen) atoms. The highest BCUT2D eigenvalue weighted by Crippen LogP contribution is 2.27. The van der Waals surface area contributed by atoms with Crippen LogP contribution in [0.2, 0.25) is 10.0 Å². The lowest BCUT2D eigenvalue weighted by molar-refractivity contribution is -0.113. The van der Waals surface area contributed by atoms with E-state index in [2.05, 4.69) is 16.0 Å². The van der Waals surface area contributed by atoms with Gasteiger partial charge in [-0.2, -0.15) is 0 Å². The van der Waals surface area contributed by atoms with E-state index in [1.807, 2.05) is 48.5 Å². The molecule has 0 fully saturated rings. The number of thiocarbonyl (C=S) groups is 1. The van der Waals surface area contributed by atoms with Crippen LogP contribution in [0, 0.1) is 0 Å². The van der Waals surface area contributed by atoms with Crippen LogP contribution in [-0.4, -0.2) is 23.9 Å². The molecule has 0 aliphatic carbocycles. The van der Waals surface area contributed by atoms with Gasteiger partial charge in [-0.1, -0.05) is 41.4 Å². The number of ether oxygens (including phenoxy) is 1. The normalized spacial score (nSPS) is 10.3. The number of rotatable bonds is 7. The van der Waals surface area contributed by atoms with E-state index >= 15 is 0 Å². The van der Waals surface area contributed by atoms with E-state index in [-0.39, 0.29) is 11.7 Å². The molecule has 0 heterocycles. The second-order valence-corrected chi connectivity index (χ2v) is 8.57. The van der Waals surface area contributed by atoms with E-state index in [1.54, 1.807) is 25.3 Å². The van der Waals surface area contributed by atoms with Crippen LogP contribution in [-0.2, 0) is 4.79 Å². The molecule has 0 aromatic heterocycles. The summed E-state index contributed by atoms with van der Waals surface area (Å²) < 4.78 is 5.32. The second-order valence-electron chi connectivity index (χ2n) is 6.27. The van der Waals surface area contributed by atoms with Gasteiger partial charge in [-0.3, -0.25) is 4.79 Å². The van der Waals surface area contributed by atoms with Gasteiger partial charge in [0.1, 0.15) is 5.75 Å². The average Bonchev–Trinajstić information content (AvgIpc) is 2.75. The molecule has 1 amide bonds. The van der Waals surface area contributed by atoms with Gasteiger partial charge in [0.2, 0.25) is 5.91 Å². The number of carbonyl (C=O) groups excluding carboxylic acids is 1. The maximum Gasteiger partial charge on any atom is 0.234 e. The van der Waals surface area contributed by atoms with Crippen molar-refractivity contribution in [2.45, 2.75) is 4.90 Å². The van der Waals surface area contributed by atoms with Gasteiger partial charge in [0.15, 0.2) is 5.11 Å². The van der Waals surface area contributed by atoms with Crippen molar-refractivity contribution in [3.05, 3.63) is 76.8 Å². The number of anilines is 3. The third-order valence-electron chi connectivity index (χ3n) is 4.02. The van der Waals surface area contributed by atoms with Crippen LogP contribution in [0.4, 0.5) is 17.1 Å². The monoisotopic (exact) mass is 491 g/mol. The zero-order valence-corrected chi connectivity index (χ0v) is 19.6. The molecular weight excluding hydrogens is 473 g/mol. The summed E-state index contributed by atoms with van der Waals surface area (Å²) in [5.41, 5.74) is 2.06. The SMILES string of the molecule is COc1ccccc1NC(=S)Nc1cccc(SCC(=O)Nc2cc(Cl)ccc2Cl)c1. The average molecular weight is 492 g/mol. The van der Waals surface area contributed by atoms with Gasteiger partial charge in [-0.15, -0.1) is 11.8 Å². The molecule has 160 valence electrons. The van der Waals surface area contributed by atoms with Crippen LogP contribution in [0.5, 0.6) is 5.75 Å². The van der Waals surface area contributed by atoms with Gasteiger partial charge in [0.25, 0.3) is 0 Å². The minimum absolute atomic E-state index is 0.180. The maximum atomic E-state index is 12.3. The van der Waals surface area contributed by atoms with Crippen LogP contribution in [0.1, 0.15) is 0 Å². The summed E-state index contributed by atoms with van der Waals surface area (Å²) in [5, 5.41) is 10.4. The van der Waals surface area contributed by atoms with Crippen molar-refractivity contribution in [3.63, 3.8) is 0 Å². The lowest BCUT2D eigenvalue weighted by Crippen LogP contribution is -2.19. The molecule has 3 rings (SSSR count). The Morgan fingerprint density at radius 2 is 1.77 bits per heavy atom. The number of carbonyl (C=O) groups is 1. The quantitative estimate of drug-likeness (QED) is 0.257. The summed E-state index contributed by atoms with van der Waals surface area (Å²) in [5.74, 6) is 0.735. The van der Waals surface area contributed by atoms with Gasteiger partial charge in [0.05, 0.1) is 29.3 Å². The third-order valence-corrected chi connectivity index (χ3v) is 5.78. The number of para-hydroxylation sites is 2. The van der Waals surface area contributed by atoms with E-state index in [0.29, 0.717) is 26.6 Å². The second kappa shape index (κ2) is 11.2. The predicted octanol–water partition coefficient (Wildman–Crippen LogP) is 6.54. The smallest absolute Gasteiger partial charge is 0.234 e. The molecule has 5 nitrogen and oxygen atoms in total. The molecule has 0 bridgehead atoms. The van der Waals surface area contributed by atoms with E-state index in [0.717, 1.165) is 16.3 Å². The molecule has 0 saturated heterocycles. The molecule has 0 saturated carbocycles. The Kier molecular flexibility index (Phi) is 8.43. The standard InChI is InChI=1S/C22H19Cl2N3O2S2/c1-29-20-8-3-2-7-18(20)27-22(30)25-15-5-4-6-16(12-15)31-13-21(28)26-19-11-14(23)9-10-17(19)24/h2-12H,13H2,1H3,(H,26,28)(H2,25,27,30). The first kappa shape index (κ1) is 23.2. The molecule has 0 radical (unpaired) electrons. The van der Waals surface area contributed by atoms with E-state index in [1.165, 1.54) is 11.8 Å². The third kappa shape index (κ3) is 7.04. The zero-order chi connectivity index (χ0) is 22.2. The van der Waals surface area contributed by atoms with Crippen molar-refractivity contribution in [2.24, 2.45) is 0 Å². The summed E-state index contributed by atoms with van der Waals surface area (Å²) in [6, 6.07) is 20.1. The largest absolute Gasteiger partial charge is 0.495 e. The fourth-order valence-corrected chi connectivity index (χ4v) is 3.94. The van der Waals surface area contributed by atoms with Gasteiger partial charge in [-0.05, 0) is 60.7 Å². The Balaban J connectivity index is 1.55. The molecular formula is C22H19Cl2N3O2S2. The Morgan fingerprint density at radius 3 is 2.58 bits per heavy atom. The highest BCUT2D eigenvalue weighted by Gasteiger charge is 2.09. The number of hydrogen-bond acceptors (Lipinski definition) is 4. The van der Waals surface area contributed by atoms with E-state index in [9.17, 15) is 4.79 Å². The number of thioether (sulfide) groups is 1. The zero-order valence-electron chi connectivity index (χ0n) is 16.4. The summed E-state index contributed by atoms with van der Waals surface area (Å²) in [7, 11) is 1.61. The van der Waals surface area contributed by atoms with Gasteiger partial charge in [0, 0.05) is 15.6 Å². The van der Waals surface area contributed by atoms with Crippen molar-refractivity contribution in [1.82, 2.24) is 0 Å². The first-order chi connectivity index (χ1) is 14.9. The minimum atomic E-state index is -0.180. The maximum absolute atomic E-state index is 12.3. The summed E-state index contributed by atoms with van der Waals surface area (Å²) >= 11 is 18.8. The van der Waals surface area contributed by atoms with Gasteiger partial charge < -0.3 is 20.7 Å². The fourth-order valence-electron chi connectivity index (χ4n) is 2.62. The Bertz CT molecular complexity index is 1100. The lowest BCUT2D eigenvalue weighted by atomic mass is 10.3. The van der Waals surface area contributed by atoms with Crippen LogP contribution < -0.4 is 20.7 Å². The summed E-state index contributed by atoms with van der Waals surface area (Å²) in [6.07, 6.45) is 0. The summed E-state index contributed by atoms with van der Waals surface area (Å²) in [6.45, 7) is 0. The Hall–Kier alpha value is -2.45. The topological polar surface area (TPSA) is 62.4 Å². The number of benzene rings is 3. The highest BCUT2D eigenvalue weighted by molar-refractivity contribution is 8.00. The van der Waals surface area contributed by atoms with Crippen molar-refractivity contribution >= 4 is 75.3 Å². The van der Waals surface area contributed by atoms with Crippen molar-refractivity contribution in [2.75, 3.05) is 28.8 Å². The molecule has 0 aliphatic rings. The molecule has 9 heteroatoms. The van der Waals surface area contributed by atoms with Crippen molar-refractivity contribution in [1.29, 1.82) is 0 Å². The molecule has 0 atom stereocenters. The lowest BCUT2D eigenvalue weighted by Gasteiger charge is -2.14. The molecule has 0 spiro atoms. The molecule has 0 aliphatic heterocycles. The molecule has 0 unspecified atom stereocenters. The Labute approximate surface area is 200 Å². The van der Waals surface area contributed by atoms with Crippen molar-refractivity contribution in [3.8, 4) is 5.75 Å². The van der Waals surface area contributed by atoms with Crippen LogP contribution in [0.15, 0.2) is 71.6 Å². The highest BCUT2D eigenvalue weighted by atomic mass is 35.5. The number of nitrogens with one attached hydrogen (secondary N) is 3. The molecule has 3 aromatic rings. The number of methoxy groups -OCH3 is 1. The van der Waals surface area contributed by atoms with Crippen molar-refractivity contribution < 1.29 is 9.53 Å². The predicted molar refractivity (Wildman–Crippen MR) is 135 cm³/mol. The minimum Gasteiger partial charge on any atom is -0.495 e. The van der Waals surface area contributed by atoms with E-state index < -0.39 is 0 Å². The summed E-state index contributed by atoms with van der Waals surface area (Å²) in [4.78, 5) is 13.2. The molecule has 3 N–H and O–H groups in total. The number of amides is 1. The Morgan fingerprint density at radius 1 is 0.968 bits per heavy atom. The molecule has 3 aromatic carbocycles. The number of hydrogen-bond donors (Lipinski definition) is 3. The fraction of sp³-hybridized carbons (Fsp3) is 0.0909. The van der Waals surface area contributed by atoms with Gasteiger partial charge in [-0.25, -0.2) is 0 Å². The van der Waals surface area contributed by atoms with Gasteiger partial charge >= 0.3 is 0 Å². The van der Waals surface area contributed by atoms with Crippen LogP contribution in [0.25, 0.3) is 0 Å². The first-order valence-electron chi connectivity index (χ1n) is 9.13. The van der Waals surface area contributed by atoms with Crippen LogP contribution >= 0.6 is 47.2 Å². The number of halogens is 2. The first-order valence-corrected chi connectivity index (χ1v) is 11.3. The van der Waals surface area contributed by atoms with Crippen LogP contribution in [0.3, 0.4) is 0 Å². The van der Waals surface area contributed by atoms with E-state index in [4.69, 9.17) is 40.2 Å².